The van der Waals surface area contributed by atoms with Gasteiger partial charge in [-0.1, -0.05) is 42.5 Å². The maximum Gasteiger partial charge on any atom is 0.315 e. The number of nitrogens with zero attached hydrogens (tertiary/aromatic N) is 3. The molecule has 1 saturated heterocycles. The Morgan fingerprint density at radius 1 is 0.853 bits per heavy atom. The molecule has 0 unspecified atom stereocenters. The van der Waals surface area contributed by atoms with Gasteiger partial charge in [-0.2, -0.15) is 5.10 Å². The summed E-state index contributed by atoms with van der Waals surface area (Å²) in [4.78, 5) is 26.9. The van der Waals surface area contributed by atoms with Crippen molar-refractivity contribution in [2.75, 3.05) is 13.1 Å². The Labute approximate surface area is 201 Å². The zero-order valence-corrected chi connectivity index (χ0v) is 20.0. The predicted molar refractivity (Wildman–Crippen MR) is 133 cm³/mol. The van der Waals surface area contributed by atoms with Crippen molar-refractivity contribution < 1.29 is 9.59 Å². The molecule has 7 nitrogen and oxygen atoms in total. The van der Waals surface area contributed by atoms with Gasteiger partial charge in [0.05, 0.1) is 12.2 Å². The monoisotopic (exact) mass is 459 g/mol. The lowest BCUT2D eigenvalue weighted by Crippen LogP contribution is -2.35. The number of carbonyl (C=O) groups excluding carboxylic acids is 2. The van der Waals surface area contributed by atoms with E-state index in [0.29, 0.717) is 25.2 Å². The largest absolute Gasteiger partial charge is 0.339 e. The maximum atomic E-state index is 12.6. The van der Waals surface area contributed by atoms with E-state index in [1.165, 1.54) is 12.0 Å². The average Bonchev–Trinajstić information content (AvgIpc) is 3.14. The van der Waals surface area contributed by atoms with E-state index in [9.17, 15) is 9.59 Å². The van der Waals surface area contributed by atoms with E-state index < -0.39 is 0 Å². The van der Waals surface area contributed by atoms with Crippen molar-refractivity contribution in [3.63, 3.8) is 0 Å². The van der Waals surface area contributed by atoms with E-state index >= 15 is 0 Å². The molecule has 3 amide bonds. The lowest BCUT2D eigenvalue weighted by Gasteiger charge is -2.26. The summed E-state index contributed by atoms with van der Waals surface area (Å²) in [7, 11) is 0. The van der Waals surface area contributed by atoms with Crippen LogP contribution in [0, 0.1) is 13.8 Å². The zero-order valence-electron chi connectivity index (χ0n) is 20.0. The summed E-state index contributed by atoms with van der Waals surface area (Å²) < 4.78 is 1.98. The van der Waals surface area contributed by atoms with Crippen LogP contribution in [0.25, 0.3) is 0 Å². The molecule has 178 valence electrons. The van der Waals surface area contributed by atoms with Gasteiger partial charge in [0.1, 0.15) is 0 Å². The number of hydrogen-bond acceptors (Lipinski definition) is 3. The van der Waals surface area contributed by atoms with Gasteiger partial charge in [0.15, 0.2) is 0 Å². The number of amides is 3. The van der Waals surface area contributed by atoms with E-state index in [1.54, 1.807) is 0 Å². The molecule has 0 saturated carbocycles. The lowest BCUT2D eigenvalue weighted by atomic mass is 10.1. The molecule has 4 rings (SSSR count). The summed E-state index contributed by atoms with van der Waals surface area (Å²) in [6, 6.07) is 17.5. The first-order chi connectivity index (χ1) is 16.5. The number of aryl methyl sites for hydroxylation is 1. The molecule has 1 aromatic heterocycles. The molecule has 7 heteroatoms. The van der Waals surface area contributed by atoms with E-state index in [-0.39, 0.29) is 11.9 Å². The Hall–Kier alpha value is -3.61. The van der Waals surface area contributed by atoms with Crippen LogP contribution < -0.4 is 10.6 Å². The lowest BCUT2D eigenvalue weighted by molar-refractivity contribution is 0.0724. The Balaban J connectivity index is 1.26. The van der Waals surface area contributed by atoms with E-state index in [0.717, 1.165) is 48.4 Å². The first-order valence-electron chi connectivity index (χ1n) is 12.0. The van der Waals surface area contributed by atoms with E-state index in [2.05, 4.69) is 27.9 Å². The maximum absolute atomic E-state index is 12.6. The second-order valence-electron chi connectivity index (χ2n) is 8.88. The molecule has 2 aromatic carbocycles. The fourth-order valence-corrected chi connectivity index (χ4v) is 4.36. The summed E-state index contributed by atoms with van der Waals surface area (Å²) >= 11 is 0. The third-order valence-corrected chi connectivity index (χ3v) is 6.43. The fourth-order valence-electron chi connectivity index (χ4n) is 4.36. The Kier molecular flexibility index (Phi) is 7.62. The first kappa shape index (κ1) is 23.5. The summed E-state index contributed by atoms with van der Waals surface area (Å²) in [5.74, 6) is 0.0931. The molecule has 1 aliphatic rings. The van der Waals surface area contributed by atoms with Gasteiger partial charge in [-0.05, 0) is 56.4 Å². The molecule has 3 aromatic rings. The van der Waals surface area contributed by atoms with Gasteiger partial charge in [0.25, 0.3) is 5.91 Å². The van der Waals surface area contributed by atoms with Gasteiger partial charge >= 0.3 is 6.03 Å². The van der Waals surface area contributed by atoms with E-state index in [4.69, 9.17) is 0 Å². The normalized spacial score (nSPS) is 13.5. The molecule has 1 fully saturated rings. The quantitative estimate of drug-likeness (QED) is 0.556. The van der Waals surface area contributed by atoms with Crippen molar-refractivity contribution >= 4 is 11.9 Å². The van der Waals surface area contributed by atoms with E-state index in [1.807, 2.05) is 65.9 Å². The Morgan fingerprint density at radius 3 is 2.24 bits per heavy atom. The third kappa shape index (κ3) is 5.84. The first-order valence-corrected chi connectivity index (χ1v) is 12.0. The molecule has 34 heavy (non-hydrogen) atoms. The molecule has 1 aliphatic heterocycles. The third-order valence-electron chi connectivity index (χ3n) is 6.43. The number of likely N-dealkylation sites (tertiary alicyclic amines) is 1. The standard InChI is InChI=1S/C27H33N5O2/c1-20-25(21(2)32(30-20)19-23-9-5-3-6-10-23)18-29-27(34)28-17-22-11-13-24(14-12-22)26(33)31-15-7-4-8-16-31/h3,5-6,9-14H,4,7-8,15-19H2,1-2H3,(H2,28,29,34). The second kappa shape index (κ2) is 11.0. The second-order valence-corrected chi connectivity index (χ2v) is 8.88. The zero-order chi connectivity index (χ0) is 23.9. The van der Waals surface area contributed by atoms with Crippen molar-refractivity contribution in [1.29, 1.82) is 0 Å². The number of aromatic nitrogens is 2. The number of hydrogen-bond donors (Lipinski definition) is 2. The van der Waals surface area contributed by atoms with Gasteiger partial charge in [-0.15, -0.1) is 0 Å². The minimum absolute atomic E-state index is 0.0931. The van der Waals surface area contributed by atoms with Gasteiger partial charge in [0.2, 0.25) is 0 Å². The molecule has 0 spiro atoms. The Morgan fingerprint density at radius 2 is 1.53 bits per heavy atom. The topological polar surface area (TPSA) is 79.3 Å². The number of urea groups is 1. The molecule has 2 heterocycles. The highest BCUT2D eigenvalue weighted by Crippen LogP contribution is 2.15. The van der Waals surface area contributed by atoms with Crippen molar-refractivity contribution in [2.45, 2.75) is 52.7 Å². The smallest absolute Gasteiger partial charge is 0.315 e. The van der Waals surface area contributed by atoms with Crippen LogP contribution in [-0.4, -0.2) is 39.7 Å². The molecule has 0 aliphatic carbocycles. The molecule has 0 bridgehead atoms. The van der Waals surface area contributed by atoms with Crippen LogP contribution in [0.2, 0.25) is 0 Å². The average molecular weight is 460 g/mol. The van der Waals surface area contributed by atoms with Crippen LogP contribution in [0.4, 0.5) is 4.79 Å². The Bertz CT molecular complexity index is 1120. The number of rotatable bonds is 7. The fraction of sp³-hybridized carbons (Fsp3) is 0.370. The minimum Gasteiger partial charge on any atom is -0.339 e. The van der Waals surface area contributed by atoms with Crippen LogP contribution in [0.3, 0.4) is 0 Å². The number of benzene rings is 2. The molecular formula is C27H33N5O2. The highest BCUT2D eigenvalue weighted by molar-refractivity contribution is 5.94. The van der Waals surface area contributed by atoms with Crippen LogP contribution in [-0.2, 0) is 19.6 Å². The summed E-state index contributed by atoms with van der Waals surface area (Å²) in [6.45, 7) is 7.20. The van der Waals surface area contributed by atoms with Crippen LogP contribution in [0.1, 0.15) is 57.7 Å². The molecular weight excluding hydrogens is 426 g/mol. The highest BCUT2D eigenvalue weighted by Gasteiger charge is 2.18. The predicted octanol–water partition coefficient (Wildman–Crippen LogP) is 4.17. The summed E-state index contributed by atoms with van der Waals surface area (Å²) in [5, 5.41) is 10.5. The van der Waals surface area contributed by atoms with Crippen molar-refractivity contribution in [2.24, 2.45) is 0 Å². The summed E-state index contributed by atoms with van der Waals surface area (Å²) in [6.07, 6.45) is 3.36. The molecule has 0 atom stereocenters. The van der Waals surface area contributed by atoms with Crippen molar-refractivity contribution in [1.82, 2.24) is 25.3 Å². The number of nitrogens with one attached hydrogen (secondary N) is 2. The van der Waals surface area contributed by atoms with Crippen molar-refractivity contribution in [3.8, 4) is 0 Å². The van der Waals surface area contributed by atoms with Gasteiger partial charge in [-0.3, -0.25) is 9.48 Å². The summed E-state index contributed by atoms with van der Waals surface area (Å²) in [5.41, 5.74) is 5.85. The van der Waals surface area contributed by atoms with Crippen LogP contribution in [0.5, 0.6) is 0 Å². The SMILES string of the molecule is Cc1nn(Cc2ccccc2)c(C)c1CNC(=O)NCc1ccc(C(=O)N2CCCCC2)cc1. The van der Waals surface area contributed by atoms with Crippen LogP contribution >= 0.6 is 0 Å². The number of piperidine rings is 1. The van der Waals surface area contributed by atoms with Gasteiger partial charge < -0.3 is 15.5 Å². The minimum atomic E-state index is -0.233. The highest BCUT2D eigenvalue weighted by atomic mass is 16.2. The molecule has 0 radical (unpaired) electrons. The van der Waals surface area contributed by atoms with Crippen molar-refractivity contribution in [3.05, 3.63) is 88.2 Å². The van der Waals surface area contributed by atoms with Gasteiger partial charge in [0, 0.05) is 43.0 Å². The van der Waals surface area contributed by atoms with Crippen LogP contribution in [0.15, 0.2) is 54.6 Å². The van der Waals surface area contributed by atoms with Gasteiger partial charge in [-0.25, -0.2) is 4.79 Å². The molecule has 2 N–H and O–H groups in total. The number of carbonyl (C=O) groups is 2.